The molecule has 0 radical (unpaired) electrons. The van der Waals surface area contributed by atoms with Crippen LogP contribution in [0.3, 0.4) is 0 Å². The number of nitrogen functional groups attached to an aromatic ring is 1. The number of halogens is 1. The third-order valence-corrected chi connectivity index (χ3v) is 4.45. The Balaban J connectivity index is 1.98. The average Bonchev–Trinajstić information content (AvgIpc) is 2.89. The van der Waals surface area contributed by atoms with E-state index >= 15 is 0 Å². The van der Waals surface area contributed by atoms with Crippen molar-refractivity contribution in [3.05, 3.63) is 47.5 Å². The number of nitrogens with zero attached hydrogens (tertiary/aromatic N) is 3. The number of carbonyl (C=O) groups excluding carboxylic acids is 1. The number of Topliss-reactive ketones (excluding diaryl/α,β-unsaturated/α-hetero) is 1. The summed E-state index contributed by atoms with van der Waals surface area (Å²) in [7, 11) is 0. The van der Waals surface area contributed by atoms with Crippen LogP contribution in [0.4, 0.5) is 10.1 Å². The van der Waals surface area contributed by atoms with Crippen LogP contribution < -0.4 is 5.73 Å². The van der Waals surface area contributed by atoms with Crippen LogP contribution in [0.5, 0.6) is 0 Å². The summed E-state index contributed by atoms with van der Waals surface area (Å²) in [5.74, 6) is -0.329. The van der Waals surface area contributed by atoms with Gasteiger partial charge in [0.2, 0.25) is 0 Å². The van der Waals surface area contributed by atoms with Crippen LogP contribution in [0.15, 0.2) is 30.5 Å². The summed E-state index contributed by atoms with van der Waals surface area (Å²) in [6.07, 6.45) is 2.70. The molecule has 4 rings (SSSR count). The van der Waals surface area contributed by atoms with Crippen molar-refractivity contribution in [1.29, 1.82) is 0 Å². The molecule has 0 unspecified atom stereocenters. The summed E-state index contributed by atoms with van der Waals surface area (Å²) in [5.41, 5.74) is 8.83. The Hall–Kier alpha value is -2.76. The van der Waals surface area contributed by atoms with Crippen LogP contribution in [-0.2, 0) is 6.42 Å². The van der Waals surface area contributed by atoms with Crippen LogP contribution in [0.25, 0.3) is 16.7 Å². The standard InChI is InChI=1S/C18H17FN4O/c1-18(2)7-13-15(14(24)8-18)16(20)12-9-21-23(17(12)22-13)11-5-3-4-10(19)6-11/h3-6,9H,7-8H2,1-2H3,(H2,20,22). The van der Waals surface area contributed by atoms with Gasteiger partial charge in [0.15, 0.2) is 11.4 Å². The SMILES string of the molecule is CC1(C)CC(=O)c2c(nc3c(cnn3-c3cccc(F)c3)c2N)C1. The highest BCUT2D eigenvalue weighted by molar-refractivity contribution is 6.09. The maximum absolute atomic E-state index is 13.5. The number of carbonyl (C=O) groups is 1. The first-order valence-electron chi connectivity index (χ1n) is 7.81. The number of ketones is 1. The number of fused-ring (bicyclic) bond motifs is 2. The lowest BCUT2D eigenvalue weighted by Crippen LogP contribution is -2.29. The van der Waals surface area contributed by atoms with E-state index in [1.54, 1.807) is 23.0 Å². The molecule has 0 atom stereocenters. The molecule has 1 aliphatic rings. The molecule has 1 aromatic carbocycles. The minimum atomic E-state index is -0.349. The molecule has 0 fully saturated rings. The van der Waals surface area contributed by atoms with Gasteiger partial charge in [-0.05, 0) is 30.0 Å². The smallest absolute Gasteiger partial charge is 0.167 e. The normalized spacial score (nSPS) is 16.4. The van der Waals surface area contributed by atoms with Gasteiger partial charge in [0, 0.05) is 6.42 Å². The third-order valence-electron chi connectivity index (χ3n) is 4.45. The second-order valence-electron chi connectivity index (χ2n) is 7.06. The Kier molecular flexibility index (Phi) is 3.00. The summed E-state index contributed by atoms with van der Waals surface area (Å²) in [4.78, 5) is 17.2. The van der Waals surface area contributed by atoms with Crippen LogP contribution in [0.1, 0.15) is 36.3 Å². The van der Waals surface area contributed by atoms with E-state index in [9.17, 15) is 9.18 Å². The van der Waals surface area contributed by atoms with Crippen LogP contribution >= 0.6 is 0 Å². The molecular formula is C18H17FN4O. The Labute approximate surface area is 138 Å². The number of aromatic nitrogens is 3. The minimum Gasteiger partial charge on any atom is -0.397 e. The lowest BCUT2D eigenvalue weighted by Gasteiger charge is -2.30. The van der Waals surface area contributed by atoms with Gasteiger partial charge in [0.25, 0.3) is 0 Å². The fourth-order valence-corrected chi connectivity index (χ4v) is 3.39. The van der Waals surface area contributed by atoms with Crippen molar-refractivity contribution in [3.8, 4) is 5.69 Å². The van der Waals surface area contributed by atoms with Crippen LogP contribution in [0.2, 0.25) is 0 Å². The van der Waals surface area contributed by atoms with Gasteiger partial charge in [0.1, 0.15) is 5.82 Å². The summed E-state index contributed by atoms with van der Waals surface area (Å²) in [6, 6.07) is 6.13. The molecule has 0 bridgehead atoms. The molecule has 3 aromatic rings. The highest BCUT2D eigenvalue weighted by Gasteiger charge is 2.34. The highest BCUT2D eigenvalue weighted by atomic mass is 19.1. The third kappa shape index (κ3) is 2.18. The van der Waals surface area contributed by atoms with E-state index in [-0.39, 0.29) is 17.0 Å². The molecule has 6 heteroatoms. The lowest BCUT2D eigenvalue weighted by molar-refractivity contribution is 0.0912. The molecule has 0 saturated carbocycles. The zero-order valence-electron chi connectivity index (χ0n) is 13.5. The Bertz CT molecular complexity index is 990. The maximum atomic E-state index is 13.5. The average molecular weight is 324 g/mol. The van der Waals surface area contributed by atoms with E-state index in [4.69, 9.17) is 5.73 Å². The van der Waals surface area contributed by atoms with Crippen molar-refractivity contribution in [1.82, 2.24) is 14.8 Å². The largest absolute Gasteiger partial charge is 0.397 e. The number of pyridine rings is 1. The van der Waals surface area contributed by atoms with E-state index in [0.29, 0.717) is 46.5 Å². The molecule has 2 heterocycles. The van der Waals surface area contributed by atoms with Crippen molar-refractivity contribution in [2.24, 2.45) is 5.41 Å². The molecule has 1 aliphatic carbocycles. The fraction of sp³-hybridized carbons (Fsp3) is 0.278. The molecule has 24 heavy (non-hydrogen) atoms. The number of benzene rings is 1. The van der Waals surface area contributed by atoms with Gasteiger partial charge in [-0.1, -0.05) is 19.9 Å². The van der Waals surface area contributed by atoms with Gasteiger partial charge in [0.05, 0.1) is 34.2 Å². The number of anilines is 1. The summed E-state index contributed by atoms with van der Waals surface area (Å²) >= 11 is 0. The van der Waals surface area contributed by atoms with Gasteiger partial charge in [-0.3, -0.25) is 4.79 Å². The summed E-state index contributed by atoms with van der Waals surface area (Å²) in [5, 5.41) is 4.91. The second-order valence-corrected chi connectivity index (χ2v) is 7.06. The summed E-state index contributed by atoms with van der Waals surface area (Å²) < 4.78 is 15.1. The highest BCUT2D eigenvalue weighted by Crippen LogP contribution is 2.38. The van der Waals surface area contributed by atoms with Crippen molar-refractivity contribution in [2.75, 3.05) is 5.73 Å². The molecule has 2 N–H and O–H groups in total. The number of nitrogens with two attached hydrogens (primary N) is 1. The van der Waals surface area contributed by atoms with E-state index in [2.05, 4.69) is 10.1 Å². The van der Waals surface area contributed by atoms with Crippen LogP contribution in [-0.4, -0.2) is 20.5 Å². The van der Waals surface area contributed by atoms with Crippen molar-refractivity contribution in [3.63, 3.8) is 0 Å². The van der Waals surface area contributed by atoms with Gasteiger partial charge >= 0.3 is 0 Å². The Morgan fingerprint density at radius 3 is 2.83 bits per heavy atom. The van der Waals surface area contributed by atoms with Crippen molar-refractivity contribution >= 4 is 22.5 Å². The predicted molar refractivity (Wildman–Crippen MR) is 89.7 cm³/mol. The maximum Gasteiger partial charge on any atom is 0.167 e. The molecule has 2 aromatic heterocycles. The molecule has 0 saturated heterocycles. The first-order valence-corrected chi connectivity index (χ1v) is 7.81. The molecule has 0 aliphatic heterocycles. The van der Waals surface area contributed by atoms with Gasteiger partial charge in [-0.25, -0.2) is 14.1 Å². The van der Waals surface area contributed by atoms with Gasteiger partial charge in [-0.15, -0.1) is 0 Å². The van der Waals surface area contributed by atoms with Crippen molar-refractivity contribution < 1.29 is 9.18 Å². The van der Waals surface area contributed by atoms with E-state index in [0.717, 1.165) is 0 Å². The molecule has 122 valence electrons. The molecule has 0 amide bonds. The zero-order valence-corrected chi connectivity index (χ0v) is 13.5. The van der Waals surface area contributed by atoms with Crippen LogP contribution in [0, 0.1) is 11.2 Å². The number of hydrogen-bond donors (Lipinski definition) is 1. The monoisotopic (exact) mass is 324 g/mol. The quantitative estimate of drug-likeness (QED) is 0.745. The van der Waals surface area contributed by atoms with Gasteiger partial charge in [-0.2, -0.15) is 5.10 Å². The Morgan fingerprint density at radius 1 is 1.29 bits per heavy atom. The zero-order chi connectivity index (χ0) is 17.1. The van der Waals surface area contributed by atoms with E-state index in [1.807, 2.05) is 13.8 Å². The first kappa shape index (κ1) is 14.8. The fourth-order valence-electron chi connectivity index (χ4n) is 3.39. The summed E-state index contributed by atoms with van der Waals surface area (Å²) in [6.45, 7) is 4.08. The first-order chi connectivity index (χ1) is 11.4. The minimum absolute atomic E-state index is 0.0201. The number of rotatable bonds is 1. The second kappa shape index (κ2) is 4.87. The van der Waals surface area contributed by atoms with E-state index in [1.165, 1.54) is 12.1 Å². The molecule has 0 spiro atoms. The topological polar surface area (TPSA) is 73.8 Å². The predicted octanol–water partition coefficient (Wildman–Crippen LogP) is 3.30. The molecule has 5 nitrogen and oxygen atoms in total. The number of hydrogen-bond acceptors (Lipinski definition) is 4. The van der Waals surface area contributed by atoms with Gasteiger partial charge < -0.3 is 5.73 Å². The van der Waals surface area contributed by atoms with E-state index < -0.39 is 0 Å². The van der Waals surface area contributed by atoms with Crippen molar-refractivity contribution in [2.45, 2.75) is 26.7 Å². The molecular weight excluding hydrogens is 307 g/mol. The lowest BCUT2D eigenvalue weighted by atomic mass is 9.75. The Morgan fingerprint density at radius 2 is 2.08 bits per heavy atom.